The first kappa shape index (κ1) is 19.3. The van der Waals surface area contributed by atoms with Crippen LogP contribution in [0.2, 0.25) is 0 Å². The second kappa shape index (κ2) is 6.59. The summed E-state index contributed by atoms with van der Waals surface area (Å²) in [6.45, 7) is 0. The lowest BCUT2D eigenvalue weighted by molar-refractivity contribution is -0.141. The Morgan fingerprint density at radius 3 is 2.15 bits per heavy atom. The summed E-state index contributed by atoms with van der Waals surface area (Å²) in [6.07, 6.45) is -8.53. The van der Waals surface area contributed by atoms with Crippen LogP contribution in [0.3, 0.4) is 0 Å². The van der Waals surface area contributed by atoms with Crippen molar-refractivity contribution in [3.05, 3.63) is 52.1 Å². The van der Waals surface area contributed by atoms with Crippen molar-refractivity contribution in [2.75, 3.05) is 0 Å². The zero-order chi connectivity index (χ0) is 20.0. The first-order valence-corrected chi connectivity index (χ1v) is 7.79. The molecule has 3 rings (SSSR count). The van der Waals surface area contributed by atoms with Gasteiger partial charge in [0.1, 0.15) is 16.1 Å². The number of nitrogens with zero attached hydrogens (tertiary/aromatic N) is 3. The van der Waals surface area contributed by atoms with E-state index in [1.807, 2.05) is 0 Å². The van der Waals surface area contributed by atoms with Crippen LogP contribution in [0.25, 0.3) is 22.9 Å². The second-order valence-corrected chi connectivity index (χ2v) is 6.09. The Morgan fingerprint density at radius 2 is 1.63 bits per heavy atom. The molecule has 4 nitrogen and oxygen atoms in total. The third kappa shape index (κ3) is 4.10. The highest BCUT2D eigenvalue weighted by Gasteiger charge is 2.36. The summed E-state index contributed by atoms with van der Waals surface area (Å²) in [5.74, 6) is -2.19. The Hall–Kier alpha value is -2.50. The Kier molecular flexibility index (Phi) is 4.70. The summed E-state index contributed by atoms with van der Waals surface area (Å²) in [5, 5.41) is 0. The quantitative estimate of drug-likeness (QED) is 0.522. The van der Waals surface area contributed by atoms with Crippen LogP contribution >= 0.6 is 15.9 Å². The lowest BCUT2D eigenvalue weighted by Gasteiger charge is -2.12. The number of aromatic nitrogens is 4. The van der Waals surface area contributed by atoms with Crippen LogP contribution in [0.1, 0.15) is 11.3 Å². The average molecular weight is 455 g/mol. The van der Waals surface area contributed by atoms with Crippen molar-refractivity contribution in [1.29, 1.82) is 0 Å². The minimum absolute atomic E-state index is 0.110. The van der Waals surface area contributed by atoms with E-state index < -0.39 is 40.9 Å². The van der Waals surface area contributed by atoms with E-state index in [0.29, 0.717) is 22.8 Å². The molecule has 0 aliphatic carbocycles. The third-order valence-electron chi connectivity index (χ3n) is 3.34. The van der Waals surface area contributed by atoms with Crippen LogP contribution in [-0.2, 0) is 12.4 Å². The van der Waals surface area contributed by atoms with E-state index in [0.717, 1.165) is 6.07 Å². The number of benzene rings is 1. The van der Waals surface area contributed by atoms with E-state index in [2.05, 4.69) is 35.9 Å². The molecule has 12 heteroatoms. The zero-order valence-corrected chi connectivity index (χ0v) is 14.3. The van der Waals surface area contributed by atoms with E-state index in [1.54, 1.807) is 0 Å². The van der Waals surface area contributed by atoms with Crippen molar-refractivity contribution in [2.24, 2.45) is 0 Å². The van der Waals surface area contributed by atoms with E-state index in [9.17, 15) is 30.7 Å². The van der Waals surface area contributed by atoms with Gasteiger partial charge in [-0.2, -0.15) is 26.3 Å². The highest BCUT2D eigenvalue weighted by atomic mass is 79.9. The molecule has 0 fully saturated rings. The van der Waals surface area contributed by atoms with Crippen LogP contribution < -0.4 is 0 Å². The molecule has 0 atom stereocenters. The van der Waals surface area contributed by atoms with Crippen molar-refractivity contribution in [1.82, 2.24) is 19.9 Å². The number of H-pyrrole nitrogens is 1. The van der Waals surface area contributed by atoms with Gasteiger partial charge in [-0.1, -0.05) is 6.07 Å². The molecule has 0 radical (unpaired) electrons. The maximum Gasteiger partial charge on any atom is 0.433 e. The Bertz CT molecular complexity index is 995. The van der Waals surface area contributed by atoms with E-state index in [1.165, 1.54) is 6.20 Å². The summed E-state index contributed by atoms with van der Waals surface area (Å²) < 4.78 is 91.5. The van der Waals surface area contributed by atoms with Crippen LogP contribution in [0, 0.1) is 5.82 Å². The highest BCUT2D eigenvalue weighted by molar-refractivity contribution is 9.10. The molecule has 0 aliphatic rings. The van der Waals surface area contributed by atoms with Gasteiger partial charge < -0.3 is 4.98 Å². The van der Waals surface area contributed by atoms with Gasteiger partial charge in [0.25, 0.3) is 0 Å². The fourth-order valence-electron chi connectivity index (χ4n) is 2.16. The molecule has 2 aromatic heterocycles. The van der Waals surface area contributed by atoms with Gasteiger partial charge in [0.2, 0.25) is 0 Å². The van der Waals surface area contributed by atoms with Gasteiger partial charge in [0.05, 0.1) is 17.5 Å². The molecular formula is C15H6BrF7N4. The van der Waals surface area contributed by atoms with Crippen LogP contribution in [-0.4, -0.2) is 19.9 Å². The molecule has 1 aromatic carbocycles. The molecule has 0 unspecified atom stereocenters. The number of hydrogen-bond donors (Lipinski definition) is 1. The van der Waals surface area contributed by atoms with Crippen LogP contribution in [0.4, 0.5) is 30.7 Å². The topological polar surface area (TPSA) is 54.5 Å². The number of alkyl halides is 6. The van der Waals surface area contributed by atoms with Crippen molar-refractivity contribution in [3.63, 3.8) is 0 Å². The van der Waals surface area contributed by atoms with Gasteiger partial charge in [-0.3, -0.25) is 0 Å². The Balaban J connectivity index is 2.16. The largest absolute Gasteiger partial charge is 0.433 e. The number of nitrogens with one attached hydrogen (secondary N) is 1. The summed E-state index contributed by atoms with van der Waals surface area (Å²) in [4.78, 5) is 13.6. The Labute approximate surface area is 154 Å². The molecule has 142 valence electrons. The van der Waals surface area contributed by atoms with Gasteiger partial charge in [0.15, 0.2) is 11.6 Å². The maximum absolute atomic E-state index is 13.8. The number of aromatic amines is 1. The first-order valence-electron chi connectivity index (χ1n) is 6.99. The van der Waals surface area contributed by atoms with E-state index in [4.69, 9.17) is 0 Å². The van der Waals surface area contributed by atoms with Gasteiger partial charge in [0, 0.05) is 5.56 Å². The second-order valence-electron chi connectivity index (χ2n) is 5.23. The summed E-state index contributed by atoms with van der Waals surface area (Å²) in [6, 6.07) is 2.25. The SMILES string of the molecule is Fc1cc(-c2cc(C(F)(F)F)nc(-c3ncc(Br)[nH]3)n2)ccc1C(F)(F)F. The molecule has 27 heavy (non-hydrogen) atoms. The predicted octanol–water partition coefficient (Wildman–Crippen LogP) is 5.47. The third-order valence-corrected chi connectivity index (χ3v) is 3.75. The molecule has 0 aliphatic heterocycles. The van der Waals surface area contributed by atoms with Gasteiger partial charge in [-0.15, -0.1) is 0 Å². The van der Waals surface area contributed by atoms with Crippen LogP contribution in [0.15, 0.2) is 35.1 Å². The van der Waals surface area contributed by atoms with E-state index >= 15 is 0 Å². The molecule has 0 amide bonds. The Morgan fingerprint density at radius 1 is 0.926 bits per heavy atom. The van der Waals surface area contributed by atoms with Gasteiger partial charge >= 0.3 is 12.4 Å². The van der Waals surface area contributed by atoms with Gasteiger partial charge in [-0.25, -0.2) is 19.3 Å². The normalized spacial score (nSPS) is 12.4. The van der Waals surface area contributed by atoms with Crippen molar-refractivity contribution < 1.29 is 30.7 Å². The average Bonchev–Trinajstić information content (AvgIpc) is 2.99. The molecule has 0 saturated heterocycles. The number of hydrogen-bond acceptors (Lipinski definition) is 3. The molecule has 0 bridgehead atoms. The maximum atomic E-state index is 13.8. The van der Waals surface area contributed by atoms with Crippen LogP contribution in [0.5, 0.6) is 0 Å². The minimum atomic E-state index is -4.93. The number of rotatable bonds is 2. The van der Waals surface area contributed by atoms with Gasteiger partial charge in [-0.05, 0) is 34.1 Å². The predicted molar refractivity (Wildman–Crippen MR) is 82.7 cm³/mol. The first-order chi connectivity index (χ1) is 12.4. The summed E-state index contributed by atoms with van der Waals surface area (Å²) >= 11 is 3.03. The molecule has 0 saturated carbocycles. The number of halogens is 8. The summed E-state index contributed by atoms with van der Waals surface area (Å²) in [7, 11) is 0. The minimum Gasteiger partial charge on any atom is -0.330 e. The molecule has 3 aromatic rings. The molecule has 2 heterocycles. The molecular weight excluding hydrogens is 449 g/mol. The smallest absolute Gasteiger partial charge is 0.330 e. The monoisotopic (exact) mass is 454 g/mol. The van der Waals surface area contributed by atoms with E-state index in [-0.39, 0.29) is 11.4 Å². The highest BCUT2D eigenvalue weighted by Crippen LogP contribution is 2.35. The molecule has 1 N–H and O–H groups in total. The lowest BCUT2D eigenvalue weighted by Crippen LogP contribution is -2.11. The summed E-state index contributed by atoms with van der Waals surface area (Å²) in [5.41, 5.74) is -3.57. The zero-order valence-electron chi connectivity index (χ0n) is 12.8. The van der Waals surface area contributed by atoms with Crippen molar-refractivity contribution in [2.45, 2.75) is 12.4 Å². The van der Waals surface area contributed by atoms with Crippen molar-refractivity contribution >= 4 is 15.9 Å². The lowest BCUT2D eigenvalue weighted by atomic mass is 10.1. The fraction of sp³-hybridized carbons (Fsp3) is 0.133. The van der Waals surface area contributed by atoms with Crippen molar-refractivity contribution in [3.8, 4) is 22.9 Å². The standard InChI is InChI=1S/C15H6BrF7N4/c16-11-5-24-12(27-11)13-25-9(4-10(26-13)15(21,22)23)6-1-2-7(8(17)3-6)14(18,19)20/h1-5H,(H,24,27). The number of imidazole rings is 1. The fourth-order valence-corrected chi connectivity index (χ4v) is 2.45. The molecule has 0 spiro atoms.